The molecule has 25 heavy (non-hydrogen) atoms. The number of hydrogen-bond donors (Lipinski definition) is 0. The third-order valence-electron chi connectivity index (χ3n) is 4.51. The second kappa shape index (κ2) is 7.77. The number of aryl methyl sites for hydroxylation is 3. The normalized spacial score (nSPS) is 17.9. The van der Waals surface area contributed by atoms with Gasteiger partial charge in [0.1, 0.15) is 12.4 Å². The first-order chi connectivity index (χ1) is 12.0. The summed E-state index contributed by atoms with van der Waals surface area (Å²) in [6, 6.07) is 0. The van der Waals surface area contributed by atoms with Crippen molar-refractivity contribution in [2.75, 3.05) is 13.1 Å². The van der Waals surface area contributed by atoms with Crippen LogP contribution in [0.1, 0.15) is 48.0 Å². The highest BCUT2D eigenvalue weighted by atomic mass is 16.5. The maximum Gasteiger partial charge on any atom is 0.252 e. The summed E-state index contributed by atoms with van der Waals surface area (Å²) >= 11 is 0. The number of rotatable bonds is 6. The van der Waals surface area contributed by atoms with Gasteiger partial charge >= 0.3 is 0 Å². The molecule has 2 aromatic rings. The first-order valence-corrected chi connectivity index (χ1v) is 8.63. The molecule has 0 aromatic carbocycles. The number of carbonyl (C=O) groups excluding carboxylic acids is 1. The number of likely N-dealkylation sites (tertiary alicyclic amines) is 1. The van der Waals surface area contributed by atoms with E-state index in [9.17, 15) is 4.79 Å². The van der Waals surface area contributed by atoms with Gasteiger partial charge in [-0.3, -0.25) is 4.79 Å². The minimum absolute atomic E-state index is 0.00368. The summed E-state index contributed by atoms with van der Waals surface area (Å²) in [7, 11) is 0. The van der Waals surface area contributed by atoms with Crippen LogP contribution in [-0.2, 0) is 22.6 Å². The van der Waals surface area contributed by atoms with Crippen molar-refractivity contribution in [1.82, 2.24) is 20.2 Å². The van der Waals surface area contributed by atoms with Gasteiger partial charge in [-0.2, -0.15) is 4.98 Å². The average molecular weight is 348 g/mol. The zero-order valence-corrected chi connectivity index (χ0v) is 14.9. The first-order valence-electron chi connectivity index (χ1n) is 8.63. The van der Waals surface area contributed by atoms with Crippen molar-refractivity contribution in [1.29, 1.82) is 0 Å². The number of nitrogens with zero attached hydrogens (tertiary/aromatic N) is 4. The second-order valence-electron chi connectivity index (χ2n) is 6.45. The lowest BCUT2D eigenvalue weighted by Gasteiger charge is -2.32. The number of carbonyl (C=O) groups is 1. The molecule has 0 saturated carbocycles. The van der Waals surface area contributed by atoms with Crippen LogP contribution in [0.3, 0.4) is 0 Å². The Bertz CT molecular complexity index is 705. The van der Waals surface area contributed by atoms with Crippen molar-refractivity contribution in [3.63, 3.8) is 0 Å². The molecule has 3 heterocycles. The molecule has 1 aliphatic heterocycles. The minimum atomic E-state index is 0.00368. The molecule has 2 aromatic heterocycles. The van der Waals surface area contributed by atoms with Gasteiger partial charge in [-0.15, -0.1) is 0 Å². The molecule has 1 amide bonds. The average Bonchev–Trinajstić information content (AvgIpc) is 3.17. The molecule has 0 bridgehead atoms. The molecule has 136 valence electrons. The maximum atomic E-state index is 12.5. The smallest absolute Gasteiger partial charge is 0.252 e. The molecule has 8 heteroatoms. The molecule has 1 aliphatic rings. The van der Waals surface area contributed by atoms with Crippen LogP contribution in [-0.4, -0.2) is 45.3 Å². The SMILES string of the molecule is Cc1noc(COC2CCCN(C(=O)CCc3c(C)noc3C)C2)n1. The highest BCUT2D eigenvalue weighted by Crippen LogP contribution is 2.18. The van der Waals surface area contributed by atoms with Gasteiger partial charge in [-0.1, -0.05) is 10.3 Å². The highest BCUT2D eigenvalue weighted by Gasteiger charge is 2.25. The van der Waals surface area contributed by atoms with Gasteiger partial charge in [0.2, 0.25) is 5.91 Å². The van der Waals surface area contributed by atoms with Crippen molar-refractivity contribution in [2.45, 2.75) is 59.2 Å². The van der Waals surface area contributed by atoms with Crippen LogP contribution in [0.25, 0.3) is 0 Å². The number of piperidine rings is 1. The van der Waals surface area contributed by atoms with Crippen LogP contribution in [0.2, 0.25) is 0 Å². The van der Waals surface area contributed by atoms with E-state index in [4.69, 9.17) is 13.8 Å². The van der Waals surface area contributed by atoms with Crippen molar-refractivity contribution in [2.24, 2.45) is 0 Å². The van der Waals surface area contributed by atoms with E-state index >= 15 is 0 Å². The van der Waals surface area contributed by atoms with E-state index < -0.39 is 0 Å². The van der Waals surface area contributed by atoms with Crippen molar-refractivity contribution in [3.8, 4) is 0 Å². The zero-order chi connectivity index (χ0) is 17.8. The van der Waals surface area contributed by atoms with E-state index in [1.54, 1.807) is 6.92 Å². The lowest BCUT2D eigenvalue weighted by molar-refractivity contribution is -0.135. The topological polar surface area (TPSA) is 94.5 Å². The fraction of sp³-hybridized carbons (Fsp3) is 0.647. The molecule has 1 fully saturated rings. The van der Waals surface area contributed by atoms with E-state index in [2.05, 4.69) is 15.3 Å². The van der Waals surface area contributed by atoms with E-state index in [-0.39, 0.29) is 18.6 Å². The fourth-order valence-electron chi connectivity index (χ4n) is 3.14. The molecule has 1 saturated heterocycles. The fourth-order valence-corrected chi connectivity index (χ4v) is 3.14. The van der Waals surface area contributed by atoms with Gasteiger partial charge in [0, 0.05) is 25.1 Å². The van der Waals surface area contributed by atoms with E-state index in [0.29, 0.717) is 31.1 Å². The molecule has 3 rings (SSSR count). The minimum Gasteiger partial charge on any atom is -0.367 e. The molecular formula is C17H24N4O4. The molecule has 0 spiro atoms. The monoisotopic (exact) mass is 348 g/mol. The molecule has 1 atom stereocenters. The van der Waals surface area contributed by atoms with Gasteiger partial charge in [0.05, 0.1) is 11.8 Å². The Labute approximate surface area is 146 Å². The van der Waals surface area contributed by atoms with Crippen LogP contribution in [0.4, 0.5) is 0 Å². The molecule has 1 unspecified atom stereocenters. The second-order valence-corrected chi connectivity index (χ2v) is 6.45. The first kappa shape index (κ1) is 17.6. The van der Waals surface area contributed by atoms with Crippen LogP contribution >= 0.6 is 0 Å². The Morgan fingerprint density at radius 3 is 2.80 bits per heavy atom. The number of amides is 1. The van der Waals surface area contributed by atoms with E-state index in [1.165, 1.54) is 0 Å². The van der Waals surface area contributed by atoms with Crippen LogP contribution < -0.4 is 0 Å². The summed E-state index contributed by atoms with van der Waals surface area (Å²) in [5, 5.41) is 7.68. The summed E-state index contributed by atoms with van der Waals surface area (Å²) in [4.78, 5) is 18.5. The number of aromatic nitrogens is 3. The zero-order valence-electron chi connectivity index (χ0n) is 14.9. The Balaban J connectivity index is 1.47. The standard InChI is InChI=1S/C17H24N4O4/c1-11-15(12(2)24-19-11)6-7-17(22)21-8-4-5-14(9-21)23-10-16-18-13(3)20-25-16/h14H,4-10H2,1-3H3. The summed E-state index contributed by atoms with van der Waals surface area (Å²) in [5.74, 6) is 2.00. The Morgan fingerprint density at radius 1 is 1.28 bits per heavy atom. The lowest BCUT2D eigenvalue weighted by atomic mass is 10.1. The van der Waals surface area contributed by atoms with E-state index in [0.717, 1.165) is 36.4 Å². The highest BCUT2D eigenvalue weighted by molar-refractivity contribution is 5.76. The van der Waals surface area contributed by atoms with Crippen LogP contribution in [0.5, 0.6) is 0 Å². The predicted octanol–water partition coefficient (Wildman–Crippen LogP) is 2.12. The van der Waals surface area contributed by atoms with Gasteiger partial charge in [-0.05, 0) is 40.0 Å². The lowest BCUT2D eigenvalue weighted by Crippen LogP contribution is -2.43. The molecule has 0 aliphatic carbocycles. The van der Waals surface area contributed by atoms with Gasteiger partial charge < -0.3 is 18.7 Å². The summed E-state index contributed by atoms with van der Waals surface area (Å²) in [6.07, 6.45) is 2.98. The molecule has 0 radical (unpaired) electrons. The maximum absolute atomic E-state index is 12.5. The van der Waals surface area contributed by atoms with Crippen LogP contribution in [0, 0.1) is 20.8 Å². The largest absolute Gasteiger partial charge is 0.367 e. The van der Waals surface area contributed by atoms with Gasteiger partial charge in [-0.25, -0.2) is 0 Å². The quantitative estimate of drug-likeness (QED) is 0.789. The number of ether oxygens (including phenoxy) is 1. The Kier molecular flexibility index (Phi) is 5.47. The van der Waals surface area contributed by atoms with Gasteiger partial charge in [0.15, 0.2) is 5.82 Å². The van der Waals surface area contributed by atoms with Crippen molar-refractivity contribution in [3.05, 3.63) is 28.7 Å². The predicted molar refractivity (Wildman–Crippen MR) is 87.7 cm³/mol. The molecule has 0 N–H and O–H groups in total. The summed E-state index contributed by atoms with van der Waals surface area (Å²) < 4.78 is 16.0. The number of hydrogen-bond acceptors (Lipinski definition) is 7. The van der Waals surface area contributed by atoms with E-state index in [1.807, 2.05) is 18.7 Å². The summed E-state index contributed by atoms with van der Waals surface area (Å²) in [5.41, 5.74) is 1.89. The van der Waals surface area contributed by atoms with Crippen LogP contribution in [0.15, 0.2) is 9.05 Å². The Hall–Kier alpha value is -2.22. The molecular weight excluding hydrogens is 324 g/mol. The van der Waals surface area contributed by atoms with Gasteiger partial charge in [0.25, 0.3) is 5.89 Å². The van der Waals surface area contributed by atoms with Crippen molar-refractivity contribution >= 4 is 5.91 Å². The molecule has 8 nitrogen and oxygen atoms in total. The third kappa shape index (κ3) is 4.45. The Morgan fingerprint density at radius 2 is 2.12 bits per heavy atom. The summed E-state index contributed by atoms with van der Waals surface area (Å²) in [6.45, 7) is 7.22. The third-order valence-corrected chi connectivity index (χ3v) is 4.51. The van der Waals surface area contributed by atoms with Crippen molar-refractivity contribution < 1.29 is 18.6 Å².